The third-order valence-electron chi connectivity index (χ3n) is 6.64. The van der Waals surface area contributed by atoms with Gasteiger partial charge in [-0.2, -0.15) is 13.2 Å². The summed E-state index contributed by atoms with van der Waals surface area (Å²) in [5.41, 5.74) is 3.62. The molecule has 1 amide bonds. The van der Waals surface area contributed by atoms with Gasteiger partial charge in [-0.05, 0) is 53.8 Å². The monoisotopic (exact) mass is 533 g/mol. The highest BCUT2D eigenvalue weighted by atomic mass is 19.4. The molecule has 1 unspecified atom stereocenters. The summed E-state index contributed by atoms with van der Waals surface area (Å²) < 4.78 is 66.9. The normalized spacial score (nSPS) is 17.0. The Kier molecular flexibility index (Phi) is 6.85. The molecule has 0 aromatic heterocycles. The van der Waals surface area contributed by atoms with Gasteiger partial charge in [-0.15, -0.1) is 0 Å². The van der Waals surface area contributed by atoms with Gasteiger partial charge in [-0.3, -0.25) is 4.79 Å². The fourth-order valence-corrected chi connectivity index (χ4v) is 4.65. The number of piperidine rings is 1. The van der Waals surface area contributed by atoms with E-state index in [-0.39, 0.29) is 26.7 Å². The van der Waals surface area contributed by atoms with E-state index >= 15 is 0 Å². The van der Waals surface area contributed by atoms with Crippen molar-refractivity contribution in [3.63, 3.8) is 0 Å². The van der Waals surface area contributed by atoms with Crippen LogP contribution in [0.25, 0.3) is 5.57 Å². The molecule has 3 aliphatic heterocycles. The number of nitrogens with zero attached hydrogens (tertiary/aromatic N) is 1. The number of likely N-dealkylation sites (tertiary alicyclic amines) is 1. The average Bonchev–Trinajstić information content (AvgIpc) is 3.55. The number of hydrogen-bond acceptors (Lipinski definition) is 7. The highest BCUT2D eigenvalue weighted by Crippen LogP contribution is 2.42. The van der Waals surface area contributed by atoms with Crippen molar-refractivity contribution in [3.05, 3.63) is 53.1 Å². The summed E-state index contributed by atoms with van der Waals surface area (Å²) in [6.45, 7) is 3.19. The summed E-state index contributed by atoms with van der Waals surface area (Å²) in [5.74, 6) is 0.367. The molecular formula is C27H26F3NO7. The minimum atomic E-state index is -4.98. The van der Waals surface area contributed by atoms with Crippen LogP contribution >= 0.6 is 0 Å². The number of carbonyl (C=O) groups is 2. The van der Waals surface area contributed by atoms with Crippen LogP contribution in [0.2, 0.25) is 0 Å². The molecule has 38 heavy (non-hydrogen) atoms. The summed E-state index contributed by atoms with van der Waals surface area (Å²) in [5, 5.41) is 0. The topological polar surface area (TPSA) is 83.5 Å². The van der Waals surface area contributed by atoms with Crippen molar-refractivity contribution in [3.8, 4) is 23.0 Å². The molecule has 0 N–H and O–H groups in total. The first-order chi connectivity index (χ1) is 18.1. The van der Waals surface area contributed by atoms with E-state index in [0.29, 0.717) is 35.8 Å². The fraction of sp³-hybridized carbons (Fsp3) is 0.407. The average molecular weight is 533 g/mol. The van der Waals surface area contributed by atoms with E-state index in [1.807, 2.05) is 36.4 Å². The van der Waals surface area contributed by atoms with Crippen molar-refractivity contribution in [2.24, 2.45) is 5.92 Å². The summed E-state index contributed by atoms with van der Waals surface area (Å²) in [6.07, 6.45) is -8.15. The number of halogens is 3. The third kappa shape index (κ3) is 5.09. The number of carbonyl (C=O) groups excluding carboxylic acids is 2. The van der Waals surface area contributed by atoms with Crippen molar-refractivity contribution < 1.29 is 46.4 Å². The summed E-state index contributed by atoms with van der Waals surface area (Å²) >= 11 is 0. The van der Waals surface area contributed by atoms with Crippen LogP contribution in [0.5, 0.6) is 23.0 Å². The molecule has 1 saturated heterocycles. The van der Waals surface area contributed by atoms with Crippen LogP contribution in [0.1, 0.15) is 37.8 Å². The lowest BCUT2D eigenvalue weighted by molar-refractivity contribution is -0.207. The Bertz CT molecular complexity index is 1220. The van der Waals surface area contributed by atoms with E-state index < -0.39 is 30.1 Å². The van der Waals surface area contributed by atoms with E-state index in [9.17, 15) is 22.8 Å². The number of alkyl halides is 3. The van der Waals surface area contributed by atoms with E-state index in [0.717, 1.165) is 22.3 Å². The maximum absolute atomic E-state index is 13.4. The van der Waals surface area contributed by atoms with Crippen molar-refractivity contribution in [1.82, 2.24) is 4.90 Å². The molecule has 3 heterocycles. The van der Waals surface area contributed by atoms with Crippen LogP contribution in [0.4, 0.5) is 18.0 Å². The second-order valence-corrected chi connectivity index (χ2v) is 9.46. The van der Waals surface area contributed by atoms with Crippen LogP contribution in [0, 0.1) is 5.92 Å². The van der Waals surface area contributed by atoms with Gasteiger partial charge in [0.05, 0.1) is 0 Å². The minimum absolute atomic E-state index is 0.129. The SMILES string of the molecule is CC(C)C(=O)C(OC(=O)N1CCC(=C(c2ccc3c(c2)OCO3)c2ccc3c(c2)OCO3)CC1)C(F)(F)F. The zero-order valence-electron chi connectivity index (χ0n) is 20.8. The van der Waals surface area contributed by atoms with Gasteiger partial charge >= 0.3 is 12.3 Å². The Labute approximate surface area is 216 Å². The lowest BCUT2D eigenvalue weighted by Crippen LogP contribution is -2.47. The second kappa shape index (κ2) is 10.1. The molecule has 1 atom stereocenters. The van der Waals surface area contributed by atoms with Gasteiger partial charge in [0.15, 0.2) is 28.8 Å². The lowest BCUT2D eigenvalue weighted by atomic mass is 9.88. The smallest absolute Gasteiger partial charge is 0.432 e. The minimum Gasteiger partial charge on any atom is -0.454 e. The van der Waals surface area contributed by atoms with E-state index in [2.05, 4.69) is 4.74 Å². The Morgan fingerprint density at radius 3 is 1.82 bits per heavy atom. The molecule has 0 bridgehead atoms. The van der Waals surface area contributed by atoms with Crippen LogP contribution in [0.15, 0.2) is 42.0 Å². The molecule has 2 aromatic rings. The zero-order chi connectivity index (χ0) is 27.0. The van der Waals surface area contributed by atoms with Crippen molar-refractivity contribution in [2.45, 2.75) is 39.0 Å². The largest absolute Gasteiger partial charge is 0.454 e. The first kappa shape index (κ1) is 25.7. The van der Waals surface area contributed by atoms with Crippen molar-refractivity contribution in [2.75, 3.05) is 26.7 Å². The summed E-state index contributed by atoms with van der Waals surface area (Å²) in [6, 6.07) is 11.2. The van der Waals surface area contributed by atoms with E-state index in [1.54, 1.807) is 0 Å². The van der Waals surface area contributed by atoms with E-state index in [4.69, 9.17) is 18.9 Å². The molecule has 5 rings (SSSR count). The molecule has 0 spiro atoms. The van der Waals surface area contributed by atoms with Gasteiger partial charge in [0.2, 0.25) is 13.6 Å². The van der Waals surface area contributed by atoms with Crippen LogP contribution in [-0.2, 0) is 9.53 Å². The number of amides is 1. The summed E-state index contributed by atoms with van der Waals surface area (Å²) in [4.78, 5) is 25.9. The van der Waals surface area contributed by atoms with Crippen LogP contribution in [0.3, 0.4) is 0 Å². The van der Waals surface area contributed by atoms with Gasteiger partial charge in [0.1, 0.15) is 0 Å². The number of Topliss-reactive ketones (excluding diaryl/α,β-unsaturated/α-hetero) is 1. The molecule has 202 valence electrons. The van der Waals surface area contributed by atoms with Gasteiger partial charge in [0.25, 0.3) is 6.10 Å². The number of ketones is 1. The number of rotatable bonds is 5. The van der Waals surface area contributed by atoms with E-state index in [1.165, 1.54) is 18.7 Å². The second-order valence-electron chi connectivity index (χ2n) is 9.46. The first-order valence-electron chi connectivity index (χ1n) is 12.2. The molecule has 8 nitrogen and oxygen atoms in total. The number of benzene rings is 2. The molecule has 0 radical (unpaired) electrons. The molecule has 2 aromatic carbocycles. The van der Waals surface area contributed by atoms with Gasteiger partial charge < -0.3 is 28.6 Å². The highest BCUT2D eigenvalue weighted by molar-refractivity contribution is 5.88. The van der Waals surface area contributed by atoms with Crippen molar-refractivity contribution >= 4 is 17.4 Å². The number of fused-ring (bicyclic) bond motifs is 2. The Morgan fingerprint density at radius 1 is 0.842 bits per heavy atom. The van der Waals surface area contributed by atoms with Crippen LogP contribution < -0.4 is 18.9 Å². The maximum atomic E-state index is 13.4. The molecule has 1 fully saturated rings. The zero-order valence-corrected chi connectivity index (χ0v) is 20.8. The maximum Gasteiger partial charge on any atom is 0.432 e. The molecule has 3 aliphatic rings. The Morgan fingerprint density at radius 2 is 1.34 bits per heavy atom. The molecule has 0 aliphatic carbocycles. The predicted molar refractivity (Wildman–Crippen MR) is 128 cm³/mol. The molecular weight excluding hydrogens is 507 g/mol. The standard InChI is InChI=1S/C27H26F3NO7/c1-15(2)24(32)25(27(28,29)30)38-26(33)31-9-7-16(8-10-31)23(17-3-5-19-21(11-17)36-13-34-19)18-4-6-20-22(12-18)37-14-35-20/h3-6,11-12,15,25H,7-10,13-14H2,1-2H3. The molecule has 11 heteroatoms. The number of hydrogen-bond donors (Lipinski definition) is 0. The Balaban J connectivity index is 1.40. The lowest BCUT2D eigenvalue weighted by Gasteiger charge is -2.31. The Hall–Kier alpha value is -3.89. The van der Waals surface area contributed by atoms with Crippen molar-refractivity contribution in [1.29, 1.82) is 0 Å². The van der Waals surface area contributed by atoms with Crippen LogP contribution in [-0.4, -0.2) is 55.7 Å². The van der Waals surface area contributed by atoms with Gasteiger partial charge in [0, 0.05) is 19.0 Å². The highest BCUT2D eigenvalue weighted by Gasteiger charge is 2.49. The van der Waals surface area contributed by atoms with Gasteiger partial charge in [-0.1, -0.05) is 31.6 Å². The van der Waals surface area contributed by atoms with Gasteiger partial charge in [-0.25, -0.2) is 4.79 Å². The first-order valence-corrected chi connectivity index (χ1v) is 12.2. The number of ether oxygens (including phenoxy) is 5. The fourth-order valence-electron chi connectivity index (χ4n) is 4.65. The summed E-state index contributed by atoms with van der Waals surface area (Å²) in [7, 11) is 0. The third-order valence-corrected chi connectivity index (χ3v) is 6.64. The predicted octanol–water partition coefficient (Wildman–Crippen LogP) is 5.33. The molecule has 0 saturated carbocycles. The quantitative estimate of drug-likeness (QED) is 0.514.